The fourth-order valence-electron chi connectivity index (χ4n) is 2.19. The first-order chi connectivity index (χ1) is 11.5. The number of amides is 1. The lowest BCUT2D eigenvalue weighted by Gasteiger charge is -2.11. The van der Waals surface area contributed by atoms with E-state index in [0.717, 1.165) is 0 Å². The van der Waals surface area contributed by atoms with Crippen LogP contribution in [0.5, 0.6) is 17.2 Å². The molecule has 5 nitrogen and oxygen atoms in total. The SMILES string of the molecule is COc1cc(NC(=O)COc2cccc(C(C)C)c2)cc(OC)c1. The van der Waals surface area contributed by atoms with Crippen molar-refractivity contribution in [2.75, 3.05) is 26.1 Å². The first kappa shape index (κ1) is 17.7. The number of rotatable bonds is 7. The van der Waals surface area contributed by atoms with E-state index in [9.17, 15) is 4.79 Å². The highest BCUT2D eigenvalue weighted by Crippen LogP contribution is 2.26. The fraction of sp³-hybridized carbons (Fsp3) is 0.316. The topological polar surface area (TPSA) is 56.8 Å². The van der Waals surface area contributed by atoms with E-state index >= 15 is 0 Å². The molecule has 0 fully saturated rings. The van der Waals surface area contributed by atoms with E-state index < -0.39 is 0 Å². The standard InChI is InChI=1S/C19H23NO4/c1-13(2)14-6-5-7-16(8-14)24-12-19(21)20-15-9-17(22-3)11-18(10-15)23-4/h5-11,13H,12H2,1-4H3,(H,20,21). The molecule has 0 aromatic heterocycles. The summed E-state index contributed by atoms with van der Waals surface area (Å²) in [4.78, 5) is 12.1. The van der Waals surface area contributed by atoms with Crippen molar-refractivity contribution in [2.45, 2.75) is 19.8 Å². The van der Waals surface area contributed by atoms with E-state index in [2.05, 4.69) is 19.2 Å². The molecule has 128 valence electrons. The van der Waals surface area contributed by atoms with Crippen molar-refractivity contribution in [3.05, 3.63) is 48.0 Å². The van der Waals surface area contributed by atoms with Gasteiger partial charge in [-0.25, -0.2) is 0 Å². The molecule has 0 unspecified atom stereocenters. The molecular formula is C19H23NO4. The molecular weight excluding hydrogens is 306 g/mol. The largest absolute Gasteiger partial charge is 0.497 e. The molecule has 0 atom stereocenters. The summed E-state index contributed by atoms with van der Waals surface area (Å²) in [5.41, 5.74) is 1.76. The Labute approximate surface area is 142 Å². The summed E-state index contributed by atoms with van der Waals surface area (Å²) in [6, 6.07) is 12.9. The third kappa shape index (κ3) is 4.91. The predicted molar refractivity (Wildman–Crippen MR) is 94.2 cm³/mol. The number of benzene rings is 2. The summed E-state index contributed by atoms with van der Waals surface area (Å²) in [5.74, 6) is 2.05. The van der Waals surface area contributed by atoms with Gasteiger partial charge in [0.1, 0.15) is 17.2 Å². The summed E-state index contributed by atoms with van der Waals surface area (Å²) in [6.45, 7) is 4.16. The van der Waals surface area contributed by atoms with Gasteiger partial charge in [0, 0.05) is 23.9 Å². The second kappa shape index (κ2) is 8.24. The summed E-state index contributed by atoms with van der Waals surface area (Å²) < 4.78 is 15.9. The minimum absolute atomic E-state index is 0.0684. The molecule has 0 aliphatic rings. The Balaban J connectivity index is 1.97. The zero-order valence-corrected chi connectivity index (χ0v) is 14.5. The van der Waals surface area contributed by atoms with Crippen LogP contribution in [-0.4, -0.2) is 26.7 Å². The van der Waals surface area contributed by atoms with Gasteiger partial charge in [0.25, 0.3) is 5.91 Å². The molecule has 2 rings (SSSR count). The van der Waals surface area contributed by atoms with Crippen molar-refractivity contribution in [1.29, 1.82) is 0 Å². The van der Waals surface area contributed by atoms with Crippen LogP contribution in [0.3, 0.4) is 0 Å². The minimum Gasteiger partial charge on any atom is -0.497 e. The van der Waals surface area contributed by atoms with Crippen molar-refractivity contribution < 1.29 is 19.0 Å². The molecule has 0 saturated heterocycles. The van der Waals surface area contributed by atoms with Crippen LogP contribution >= 0.6 is 0 Å². The number of anilines is 1. The van der Waals surface area contributed by atoms with Crippen molar-refractivity contribution in [3.8, 4) is 17.2 Å². The van der Waals surface area contributed by atoms with Gasteiger partial charge in [-0.15, -0.1) is 0 Å². The fourth-order valence-corrected chi connectivity index (χ4v) is 2.19. The minimum atomic E-state index is -0.250. The number of methoxy groups -OCH3 is 2. The van der Waals surface area contributed by atoms with Crippen molar-refractivity contribution >= 4 is 11.6 Å². The van der Waals surface area contributed by atoms with E-state index in [1.54, 1.807) is 32.4 Å². The number of nitrogens with one attached hydrogen (secondary N) is 1. The Hall–Kier alpha value is -2.69. The maximum Gasteiger partial charge on any atom is 0.262 e. The molecule has 1 amide bonds. The molecule has 1 N–H and O–H groups in total. The van der Waals surface area contributed by atoms with Crippen LogP contribution in [0, 0.1) is 0 Å². The average Bonchev–Trinajstić information content (AvgIpc) is 2.59. The smallest absolute Gasteiger partial charge is 0.262 e. The van der Waals surface area contributed by atoms with Crippen LogP contribution in [0.1, 0.15) is 25.3 Å². The van der Waals surface area contributed by atoms with Crippen molar-refractivity contribution in [1.82, 2.24) is 0 Å². The number of hydrogen-bond acceptors (Lipinski definition) is 4. The average molecular weight is 329 g/mol. The highest BCUT2D eigenvalue weighted by Gasteiger charge is 2.08. The number of hydrogen-bond donors (Lipinski definition) is 1. The molecule has 2 aromatic carbocycles. The quantitative estimate of drug-likeness (QED) is 0.838. The van der Waals surface area contributed by atoms with E-state index in [4.69, 9.17) is 14.2 Å². The molecule has 0 saturated carbocycles. The summed E-state index contributed by atoms with van der Waals surface area (Å²) in [6.07, 6.45) is 0. The van der Waals surface area contributed by atoms with Gasteiger partial charge in [-0.2, -0.15) is 0 Å². The molecule has 0 aliphatic carbocycles. The van der Waals surface area contributed by atoms with Gasteiger partial charge in [-0.3, -0.25) is 4.79 Å². The third-order valence-electron chi connectivity index (χ3n) is 3.53. The zero-order chi connectivity index (χ0) is 17.5. The third-order valence-corrected chi connectivity index (χ3v) is 3.53. The van der Waals surface area contributed by atoms with Crippen molar-refractivity contribution in [3.63, 3.8) is 0 Å². The normalized spacial score (nSPS) is 10.4. The van der Waals surface area contributed by atoms with Crippen molar-refractivity contribution in [2.24, 2.45) is 0 Å². The van der Waals surface area contributed by atoms with Gasteiger partial charge in [0.05, 0.1) is 14.2 Å². The zero-order valence-electron chi connectivity index (χ0n) is 14.5. The maximum atomic E-state index is 12.1. The molecule has 0 radical (unpaired) electrons. The Bertz CT molecular complexity index is 675. The first-order valence-electron chi connectivity index (χ1n) is 7.77. The second-order valence-corrected chi connectivity index (χ2v) is 5.67. The second-order valence-electron chi connectivity index (χ2n) is 5.67. The van der Waals surface area contributed by atoms with Crippen LogP contribution in [0.2, 0.25) is 0 Å². The van der Waals surface area contributed by atoms with E-state index in [1.165, 1.54) is 5.56 Å². The Morgan fingerprint density at radius 2 is 1.67 bits per heavy atom. The number of ether oxygens (including phenoxy) is 3. The van der Waals surface area contributed by atoms with E-state index in [0.29, 0.717) is 28.9 Å². The lowest BCUT2D eigenvalue weighted by atomic mass is 10.0. The lowest BCUT2D eigenvalue weighted by molar-refractivity contribution is -0.118. The summed E-state index contributed by atoms with van der Waals surface area (Å²) >= 11 is 0. The molecule has 0 spiro atoms. The Morgan fingerprint density at radius 3 is 2.25 bits per heavy atom. The van der Waals surface area contributed by atoms with Gasteiger partial charge in [0.15, 0.2) is 6.61 Å². The molecule has 2 aromatic rings. The highest BCUT2D eigenvalue weighted by molar-refractivity contribution is 5.92. The molecule has 24 heavy (non-hydrogen) atoms. The first-order valence-corrected chi connectivity index (χ1v) is 7.77. The molecule has 5 heteroatoms. The lowest BCUT2D eigenvalue weighted by Crippen LogP contribution is -2.20. The van der Waals surface area contributed by atoms with Crippen LogP contribution in [0.25, 0.3) is 0 Å². The monoisotopic (exact) mass is 329 g/mol. The Morgan fingerprint density at radius 1 is 1.00 bits per heavy atom. The van der Waals surface area contributed by atoms with Gasteiger partial charge in [0.2, 0.25) is 0 Å². The summed E-state index contributed by atoms with van der Waals surface area (Å²) in [5, 5.41) is 2.78. The van der Waals surface area contributed by atoms with Gasteiger partial charge in [-0.1, -0.05) is 26.0 Å². The van der Waals surface area contributed by atoms with Gasteiger partial charge >= 0.3 is 0 Å². The number of carbonyl (C=O) groups excluding carboxylic acids is 1. The molecule has 0 bridgehead atoms. The van der Waals surface area contributed by atoms with Gasteiger partial charge < -0.3 is 19.5 Å². The van der Waals surface area contributed by atoms with Crippen LogP contribution in [0.15, 0.2) is 42.5 Å². The highest BCUT2D eigenvalue weighted by atomic mass is 16.5. The van der Waals surface area contributed by atoms with Crippen LogP contribution < -0.4 is 19.5 Å². The number of carbonyl (C=O) groups is 1. The van der Waals surface area contributed by atoms with E-state index in [-0.39, 0.29) is 12.5 Å². The van der Waals surface area contributed by atoms with Crippen LogP contribution in [0.4, 0.5) is 5.69 Å². The summed E-state index contributed by atoms with van der Waals surface area (Å²) in [7, 11) is 3.12. The maximum absolute atomic E-state index is 12.1. The van der Waals surface area contributed by atoms with Crippen LogP contribution in [-0.2, 0) is 4.79 Å². The van der Waals surface area contributed by atoms with Gasteiger partial charge in [-0.05, 0) is 23.6 Å². The molecule has 0 heterocycles. The van der Waals surface area contributed by atoms with E-state index in [1.807, 2.05) is 24.3 Å². The predicted octanol–water partition coefficient (Wildman–Crippen LogP) is 3.84. The molecule has 0 aliphatic heterocycles. The Kier molecular flexibility index (Phi) is 6.07.